The first kappa shape index (κ1) is 18.2. The molecule has 3 rings (SSSR count). The molecule has 8 nitrogen and oxygen atoms in total. The number of carbonyl (C=O) groups is 3. The molecule has 0 unspecified atom stereocenters. The molecule has 4 amide bonds. The second-order valence-electron chi connectivity index (χ2n) is 7.44. The van der Waals surface area contributed by atoms with E-state index in [1.165, 1.54) is 4.90 Å². The monoisotopic (exact) mass is 371 g/mol. The molecule has 0 aromatic rings. The summed E-state index contributed by atoms with van der Waals surface area (Å²) in [5, 5.41) is 2.72. The van der Waals surface area contributed by atoms with Crippen LogP contribution in [0.3, 0.4) is 0 Å². The van der Waals surface area contributed by atoms with Gasteiger partial charge in [0.2, 0.25) is 5.91 Å². The molecule has 0 aromatic carbocycles. The number of hydrogen-bond donors (Lipinski definition) is 1. The molecule has 1 saturated carbocycles. The molecule has 3 aliphatic rings. The maximum absolute atomic E-state index is 12.7. The van der Waals surface area contributed by atoms with Crippen LogP contribution in [0.4, 0.5) is 4.79 Å². The van der Waals surface area contributed by atoms with E-state index in [9.17, 15) is 22.8 Å². The number of hydrogen-bond acceptors (Lipinski definition) is 5. The van der Waals surface area contributed by atoms with Crippen LogP contribution in [0.25, 0.3) is 0 Å². The highest BCUT2D eigenvalue weighted by Gasteiger charge is 2.56. The second-order valence-corrected chi connectivity index (χ2v) is 9.67. The lowest BCUT2D eigenvalue weighted by atomic mass is 9.96. The van der Waals surface area contributed by atoms with Gasteiger partial charge in [-0.3, -0.25) is 14.5 Å². The van der Waals surface area contributed by atoms with Crippen molar-refractivity contribution < 1.29 is 22.8 Å². The Kier molecular flexibility index (Phi) is 4.55. The van der Waals surface area contributed by atoms with Gasteiger partial charge in [-0.2, -0.15) is 0 Å². The molecular weight excluding hydrogens is 346 g/mol. The topological polar surface area (TPSA) is 104 Å². The summed E-state index contributed by atoms with van der Waals surface area (Å²) in [6.45, 7) is 3.70. The number of rotatable bonds is 6. The third-order valence-corrected chi connectivity index (χ3v) is 7.17. The molecule has 0 aromatic heterocycles. The molecular formula is C16H25N3O5S. The third-order valence-electron chi connectivity index (χ3n) is 5.42. The first-order chi connectivity index (χ1) is 11.7. The zero-order valence-corrected chi connectivity index (χ0v) is 15.5. The number of urea groups is 1. The Hall–Kier alpha value is -1.64. The van der Waals surface area contributed by atoms with Crippen LogP contribution in [0.2, 0.25) is 0 Å². The van der Waals surface area contributed by atoms with Gasteiger partial charge in [-0.05, 0) is 38.5 Å². The van der Waals surface area contributed by atoms with Crippen LogP contribution in [0, 0.1) is 5.92 Å². The first-order valence-corrected chi connectivity index (χ1v) is 10.6. The standard InChI is InChI=1S/C16H25N3O5S/c1-3-7-18(12-6-8-25(23,24)10-12)13(20)9-19-14(21)16(2,11-4-5-11)17-15(19)22/h11-12H,3-10H2,1-2H3,(H,17,22)/t12-,16-/m0/s1. The molecule has 3 fully saturated rings. The zero-order valence-electron chi connectivity index (χ0n) is 14.7. The molecule has 1 aliphatic carbocycles. The summed E-state index contributed by atoms with van der Waals surface area (Å²) in [4.78, 5) is 40.1. The fourth-order valence-corrected chi connectivity index (χ4v) is 5.53. The molecule has 140 valence electrons. The molecule has 0 radical (unpaired) electrons. The molecule has 2 heterocycles. The van der Waals surface area contributed by atoms with Crippen LogP contribution in [-0.2, 0) is 19.4 Å². The average Bonchev–Trinajstić information content (AvgIpc) is 3.29. The lowest BCUT2D eigenvalue weighted by molar-refractivity contribution is -0.140. The predicted octanol–water partition coefficient (Wildman–Crippen LogP) is 0.133. The van der Waals surface area contributed by atoms with Crippen LogP contribution in [-0.4, -0.2) is 72.2 Å². The van der Waals surface area contributed by atoms with E-state index in [-0.39, 0.29) is 41.8 Å². The Morgan fingerprint density at radius 3 is 2.52 bits per heavy atom. The molecule has 0 spiro atoms. The van der Waals surface area contributed by atoms with Gasteiger partial charge in [-0.25, -0.2) is 13.2 Å². The number of nitrogens with one attached hydrogen (secondary N) is 1. The molecule has 1 N–H and O–H groups in total. The Morgan fingerprint density at radius 1 is 1.32 bits per heavy atom. The highest BCUT2D eigenvalue weighted by Crippen LogP contribution is 2.42. The van der Waals surface area contributed by atoms with E-state index >= 15 is 0 Å². The second kappa shape index (κ2) is 6.26. The van der Waals surface area contributed by atoms with Gasteiger partial charge in [-0.1, -0.05) is 6.92 Å². The fraction of sp³-hybridized carbons (Fsp3) is 0.812. The fourth-order valence-electron chi connectivity index (χ4n) is 3.80. The number of imide groups is 1. The SMILES string of the molecule is CCCN(C(=O)CN1C(=O)N[C@@](C)(C2CC2)C1=O)[C@H]1CCS(=O)(=O)C1. The molecule has 9 heteroatoms. The van der Waals surface area contributed by atoms with Crippen LogP contribution < -0.4 is 5.32 Å². The summed E-state index contributed by atoms with van der Waals surface area (Å²) < 4.78 is 23.4. The lowest BCUT2D eigenvalue weighted by Gasteiger charge is -2.29. The summed E-state index contributed by atoms with van der Waals surface area (Å²) in [6.07, 6.45) is 2.88. The van der Waals surface area contributed by atoms with Gasteiger partial charge in [-0.15, -0.1) is 0 Å². The Labute approximate surface area is 147 Å². The zero-order chi connectivity index (χ0) is 18.4. The van der Waals surface area contributed by atoms with Gasteiger partial charge in [0.05, 0.1) is 11.5 Å². The van der Waals surface area contributed by atoms with Crippen molar-refractivity contribution in [1.82, 2.24) is 15.1 Å². The van der Waals surface area contributed by atoms with Crippen LogP contribution in [0.15, 0.2) is 0 Å². The van der Waals surface area contributed by atoms with Crippen molar-refractivity contribution in [1.29, 1.82) is 0 Å². The minimum absolute atomic E-state index is 0.0430. The third kappa shape index (κ3) is 3.38. The molecule has 25 heavy (non-hydrogen) atoms. The number of sulfone groups is 1. The largest absolute Gasteiger partial charge is 0.337 e. The maximum atomic E-state index is 12.7. The van der Waals surface area contributed by atoms with E-state index in [0.717, 1.165) is 17.7 Å². The van der Waals surface area contributed by atoms with E-state index in [0.29, 0.717) is 19.4 Å². The van der Waals surface area contributed by atoms with Crippen molar-refractivity contribution in [2.75, 3.05) is 24.6 Å². The smallest absolute Gasteiger partial charge is 0.325 e. The molecule has 0 bridgehead atoms. The highest BCUT2D eigenvalue weighted by molar-refractivity contribution is 7.91. The van der Waals surface area contributed by atoms with Gasteiger partial charge >= 0.3 is 6.03 Å². The average molecular weight is 371 g/mol. The summed E-state index contributed by atoms with van der Waals surface area (Å²) in [5.41, 5.74) is -0.913. The van der Waals surface area contributed by atoms with Gasteiger partial charge in [0, 0.05) is 12.6 Å². The van der Waals surface area contributed by atoms with Crippen molar-refractivity contribution in [2.24, 2.45) is 5.92 Å². The summed E-state index contributed by atoms with van der Waals surface area (Å²) >= 11 is 0. The summed E-state index contributed by atoms with van der Waals surface area (Å²) in [5.74, 6) is -0.556. The minimum Gasteiger partial charge on any atom is -0.337 e. The number of nitrogens with zero attached hydrogens (tertiary/aromatic N) is 2. The molecule has 2 atom stereocenters. The number of carbonyl (C=O) groups excluding carboxylic acids is 3. The maximum Gasteiger partial charge on any atom is 0.325 e. The first-order valence-electron chi connectivity index (χ1n) is 8.82. The minimum atomic E-state index is -3.12. The van der Waals surface area contributed by atoms with Gasteiger partial charge < -0.3 is 10.2 Å². The van der Waals surface area contributed by atoms with Crippen molar-refractivity contribution >= 4 is 27.7 Å². The Morgan fingerprint density at radius 2 is 2.00 bits per heavy atom. The van der Waals surface area contributed by atoms with Crippen LogP contribution in [0.1, 0.15) is 39.5 Å². The quantitative estimate of drug-likeness (QED) is 0.669. The van der Waals surface area contributed by atoms with Gasteiger partial charge in [0.1, 0.15) is 12.1 Å². The van der Waals surface area contributed by atoms with E-state index in [1.54, 1.807) is 6.92 Å². The van der Waals surface area contributed by atoms with E-state index in [1.807, 2.05) is 6.92 Å². The van der Waals surface area contributed by atoms with Crippen LogP contribution >= 0.6 is 0 Å². The van der Waals surface area contributed by atoms with Crippen molar-refractivity contribution in [3.63, 3.8) is 0 Å². The highest BCUT2D eigenvalue weighted by atomic mass is 32.2. The normalized spacial score (nSPS) is 31.3. The predicted molar refractivity (Wildman–Crippen MR) is 90.4 cm³/mol. The Bertz CT molecular complexity index is 703. The Balaban J connectivity index is 1.71. The van der Waals surface area contributed by atoms with E-state index < -0.39 is 21.4 Å². The lowest BCUT2D eigenvalue weighted by Crippen LogP contribution is -2.49. The van der Waals surface area contributed by atoms with Crippen LogP contribution in [0.5, 0.6) is 0 Å². The van der Waals surface area contributed by atoms with Crippen molar-refractivity contribution in [3.05, 3.63) is 0 Å². The van der Waals surface area contributed by atoms with Crippen molar-refractivity contribution in [3.8, 4) is 0 Å². The van der Waals surface area contributed by atoms with E-state index in [2.05, 4.69) is 5.32 Å². The van der Waals surface area contributed by atoms with Crippen molar-refractivity contribution in [2.45, 2.75) is 51.1 Å². The van der Waals surface area contributed by atoms with E-state index in [4.69, 9.17) is 0 Å². The number of amides is 4. The van der Waals surface area contributed by atoms with Gasteiger partial charge in [0.25, 0.3) is 5.91 Å². The molecule has 2 saturated heterocycles. The van der Waals surface area contributed by atoms with Gasteiger partial charge in [0.15, 0.2) is 9.84 Å². The summed E-state index contributed by atoms with van der Waals surface area (Å²) in [6, 6.07) is -0.906. The molecule has 2 aliphatic heterocycles. The summed E-state index contributed by atoms with van der Waals surface area (Å²) in [7, 11) is -3.12.